The lowest BCUT2D eigenvalue weighted by atomic mass is 9.99. The summed E-state index contributed by atoms with van der Waals surface area (Å²) in [6, 6.07) is 4.01. The first-order chi connectivity index (χ1) is 14.0. The van der Waals surface area contributed by atoms with Crippen molar-refractivity contribution in [1.29, 1.82) is 0 Å². The molecule has 0 spiro atoms. The van der Waals surface area contributed by atoms with E-state index in [1.54, 1.807) is 14.2 Å². The third-order valence-corrected chi connectivity index (χ3v) is 11.1. The molecule has 170 valence electrons. The minimum Gasteiger partial charge on any atom is -0.496 e. The van der Waals surface area contributed by atoms with Crippen LogP contribution in [0.4, 0.5) is 0 Å². The summed E-state index contributed by atoms with van der Waals surface area (Å²) in [7, 11) is 1.18. The van der Waals surface area contributed by atoms with Crippen molar-refractivity contribution < 1.29 is 23.4 Å². The number of hydrogen-bond donors (Lipinski definition) is 0. The molecule has 1 saturated carbocycles. The zero-order chi connectivity index (χ0) is 22.5. The molecule has 1 aliphatic rings. The molecule has 1 aromatic carbocycles. The Morgan fingerprint density at radius 2 is 1.63 bits per heavy atom. The number of carbonyl (C=O) groups excluding carboxylic acids is 1. The third kappa shape index (κ3) is 5.86. The van der Waals surface area contributed by atoms with Gasteiger partial charge in [0, 0.05) is 12.0 Å². The molecule has 6 heteroatoms. The summed E-state index contributed by atoms with van der Waals surface area (Å²) in [4.78, 5) is 11.6. The standard InChI is InChI=1S/C24H40O5Si/c1-17-21(26-5)15-18(16-22(17)27-6)23(29-30(7,8)24(2,3)4)20(13-14-25)28-19-11-9-10-12-19/h14-16,19-20,23H,9-13H2,1-8H3. The van der Waals surface area contributed by atoms with Gasteiger partial charge in [0.05, 0.1) is 32.5 Å². The Morgan fingerprint density at radius 3 is 2.07 bits per heavy atom. The summed E-state index contributed by atoms with van der Waals surface area (Å²) in [5, 5.41) is 0.0310. The first-order valence-electron chi connectivity index (χ1n) is 11.0. The highest BCUT2D eigenvalue weighted by atomic mass is 28.4. The van der Waals surface area contributed by atoms with E-state index in [2.05, 4.69) is 33.9 Å². The van der Waals surface area contributed by atoms with E-state index in [0.29, 0.717) is 6.42 Å². The molecule has 2 rings (SSSR count). The molecular weight excluding hydrogens is 396 g/mol. The number of ether oxygens (including phenoxy) is 3. The van der Waals surface area contributed by atoms with Crippen LogP contribution in [0.1, 0.15) is 70.1 Å². The predicted octanol–water partition coefficient (Wildman–Crippen LogP) is 5.99. The first-order valence-corrected chi connectivity index (χ1v) is 13.9. The minimum absolute atomic E-state index is 0.0310. The van der Waals surface area contributed by atoms with Crippen molar-refractivity contribution in [2.24, 2.45) is 0 Å². The maximum absolute atomic E-state index is 11.6. The van der Waals surface area contributed by atoms with Crippen LogP contribution in [-0.2, 0) is 14.0 Å². The lowest BCUT2D eigenvalue weighted by molar-refractivity contribution is -0.117. The van der Waals surface area contributed by atoms with Crippen molar-refractivity contribution in [2.45, 2.75) is 96.2 Å². The highest BCUT2D eigenvalue weighted by Crippen LogP contribution is 2.43. The molecular formula is C24H40O5Si. The second-order valence-electron chi connectivity index (χ2n) is 9.83. The van der Waals surface area contributed by atoms with Crippen molar-refractivity contribution in [1.82, 2.24) is 0 Å². The van der Waals surface area contributed by atoms with Gasteiger partial charge in [0.25, 0.3) is 0 Å². The van der Waals surface area contributed by atoms with E-state index >= 15 is 0 Å². The van der Waals surface area contributed by atoms with Crippen LogP contribution >= 0.6 is 0 Å². The molecule has 0 heterocycles. The quantitative estimate of drug-likeness (QED) is 0.333. The third-order valence-electron chi connectivity index (χ3n) is 6.67. The number of rotatable bonds is 10. The SMILES string of the molecule is COc1cc(C(O[Si](C)(C)C(C)(C)C)C(CC=O)OC2CCCC2)cc(OC)c1C. The van der Waals surface area contributed by atoms with Gasteiger partial charge in [0.1, 0.15) is 17.8 Å². The van der Waals surface area contributed by atoms with Crippen molar-refractivity contribution in [3.63, 3.8) is 0 Å². The summed E-state index contributed by atoms with van der Waals surface area (Å²) in [6.45, 7) is 13.1. The lowest BCUT2D eigenvalue weighted by Gasteiger charge is -2.42. The van der Waals surface area contributed by atoms with Crippen LogP contribution < -0.4 is 9.47 Å². The van der Waals surface area contributed by atoms with Gasteiger partial charge in [-0.15, -0.1) is 0 Å². The van der Waals surface area contributed by atoms with Gasteiger partial charge in [-0.05, 0) is 55.6 Å². The van der Waals surface area contributed by atoms with E-state index in [1.807, 2.05) is 19.1 Å². The zero-order valence-electron chi connectivity index (χ0n) is 20.0. The number of hydrogen-bond acceptors (Lipinski definition) is 5. The van der Waals surface area contributed by atoms with Crippen LogP contribution in [0, 0.1) is 6.92 Å². The van der Waals surface area contributed by atoms with Crippen molar-refractivity contribution in [3.8, 4) is 11.5 Å². The molecule has 30 heavy (non-hydrogen) atoms. The number of aldehydes is 1. The highest BCUT2D eigenvalue weighted by Gasteiger charge is 2.42. The fourth-order valence-electron chi connectivity index (χ4n) is 3.74. The number of benzene rings is 1. The summed E-state index contributed by atoms with van der Waals surface area (Å²) in [6.07, 6.45) is 5.19. The monoisotopic (exact) mass is 436 g/mol. The average Bonchev–Trinajstić information content (AvgIpc) is 3.18. The molecule has 1 aliphatic carbocycles. The molecule has 0 aromatic heterocycles. The zero-order valence-corrected chi connectivity index (χ0v) is 21.0. The van der Waals surface area contributed by atoms with E-state index in [4.69, 9.17) is 18.6 Å². The molecule has 0 bridgehead atoms. The topological polar surface area (TPSA) is 54.0 Å². The summed E-state index contributed by atoms with van der Waals surface area (Å²) >= 11 is 0. The second kappa shape index (κ2) is 10.3. The van der Waals surface area contributed by atoms with E-state index in [9.17, 15) is 4.79 Å². The molecule has 1 aromatic rings. The Bertz CT molecular complexity index is 679. The van der Waals surface area contributed by atoms with Crippen molar-refractivity contribution in [2.75, 3.05) is 14.2 Å². The van der Waals surface area contributed by atoms with Gasteiger partial charge in [-0.2, -0.15) is 0 Å². The van der Waals surface area contributed by atoms with E-state index in [1.165, 1.54) is 12.8 Å². The van der Waals surface area contributed by atoms with Gasteiger partial charge < -0.3 is 23.4 Å². The van der Waals surface area contributed by atoms with Gasteiger partial charge >= 0.3 is 0 Å². The molecule has 2 unspecified atom stereocenters. The Morgan fingerprint density at radius 1 is 1.10 bits per heavy atom. The normalized spacial score (nSPS) is 17.6. The molecule has 5 nitrogen and oxygen atoms in total. The number of carbonyl (C=O) groups is 1. The average molecular weight is 437 g/mol. The Balaban J connectivity index is 2.52. The van der Waals surface area contributed by atoms with Crippen LogP contribution in [-0.4, -0.2) is 41.0 Å². The summed E-state index contributed by atoms with van der Waals surface area (Å²) in [5.41, 5.74) is 1.88. The smallest absolute Gasteiger partial charge is 0.193 e. The van der Waals surface area contributed by atoms with Gasteiger partial charge in [-0.3, -0.25) is 0 Å². The van der Waals surface area contributed by atoms with Crippen LogP contribution in [0.25, 0.3) is 0 Å². The molecule has 0 saturated heterocycles. The summed E-state index contributed by atoms with van der Waals surface area (Å²) < 4.78 is 24.6. The van der Waals surface area contributed by atoms with E-state index in [0.717, 1.165) is 41.8 Å². The Labute approximate surface area is 183 Å². The minimum atomic E-state index is -2.14. The molecule has 0 radical (unpaired) electrons. The molecule has 0 amide bonds. The molecule has 0 aliphatic heterocycles. The maximum atomic E-state index is 11.6. The van der Waals surface area contributed by atoms with Crippen LogP contribution in [0.15, 0.2) is 12.1 Å². The largest absolute Gasteiger partial charge is 0.496 e. The van der Waals surface area contributed by atoms with Gasteiger partial charge in [0.15, 0.2) is 8.32 Å². The number of methoxy groups -OCH3 is 2. The fraction of sp³-hybridized carbons (Fsp3) is 0.708. The predicted molar refractivity (Wildman–Crippen MR) is 123 cm³/mol. The fourth-order valence-corrected chi connectivity index (χ4v) is 5.02. The lowest BCUT2D eigenvalue weighted by Crippen LogP contribution is -2.45. The van der Waals surface area contributed by atoms with Crippen LogP contribution in [0.5, 0.6) is 11.5 Å². The molecule has 2 atom stereocenters. The van der Waals surface area contributed by atoms with Crippen molar-refractivity contribution >= 4 is 14.6 Å². The molecule has 0 N–H and O–H groups in total. The Kier molecular flexibility index (Phi) is 8.54. The first kappa shape index (κ1) is 24.9. The van der Waals surface area contributed by atoms with Gasteiger partial charge in [-0.1, -0.05) is 33.6 Å². The van der Waals surface area contributed by atoms with Gasteiger partial charge in [-0.25, -0.2) is 0 Å². The van der Waals surface area contributed by atoms with Crippen LogP contribution in [0.3, 0.4) is 0 Å². The van der Waals surface area contributed by atoms with Crippen molar-refractivity contribution in [3.05, 3.63) is 23.3 Å². The maximum Gasteiger partial charge on any atom is 0.193 e. The Hall–Kier alpha value is -1.37. The van der Waals surface area contributed by atoms with Gasteiger partial charge in [0.2, 0.25) is 0 Å². The van der Waals surface area contributed by atoms with E-state index in [-0.39, 0.29) is 23.4 Å². The van der Waals surface area contributed by atoms with E-state index < -0.39 is 8.32 Å². The van der Waals surface area contributed by atoms with Crippen LogP contribution in [0.2, 0.25) is 18.1 Å². The highest BCUT2D eigenvalue weighted by molar-refractivity contribution is 6.74. The molecule has 1 fully saturated rings. The summed E-state index contributed by atoms with van der Waals surface area (Å²) in [5.74, 6) is 1.50. The second-order valence-corrected chi connectivity index (χ2v) is 14.6.